The molecule has 100 valence electrons. The number of nitrogens with zero attached hydrogens (tertiary/aromatic N) is 1. The summed E-state index contributed by atoms with van der Waals surface area (Å²) in [5.41, 5.74) is 5.57. The number of rotatable bonds is 8. The van der Waals surface area contributed by atoms with Gasteiger partial charge in [-0.25, -0.2) is 0 Å². The van der Waals surface area contributed by atoms with Gasteiger partial charge in [0, 0.05) is 20.0 Å². The van der Waals surface area contributed by atoms with E-state index in [1.54, 1.807) is 7.05 Å². The van der Waals surface area contributed by atoms with Gasteiger partial charge in [-0.15, -0.1) is 0 Å². The topological polar surface area (TPSA) is 83.6 Å². The van der Waals surface area contributed by atoms with Crippen LogP contribution in [0.25, 0.3) is 0 Å². The normalized spacial score (nSPS) is 11.3. The van der Waals surface area contributed by atoms with Gasteiger partial charge in [0.1, 0.15) is 0 Å². The van der Waals surface area contributed by atoms with Crippen LogP contribution in [0, 0.1) is 5.41 Å². The molecule has 0 spiro atoms. The predicted molar refractivity (Wildman–Crippen MR) is 66.6 cm³/mol. The summed E-state index contributed by atoms with van der Waals surface area (Å²) in [5, 5.41) is 8.52. The van der Waals surface area contributed by atoms with Gasteiger partial charge >= 0.3 is 5.97 Å². The van der Waals surface area contributed by atoms with E-state index in [9.17, 15) is 9.59 Å². The molecule has 0 fully saturated rings. The molecule has 0 atom stereocenters. The zero-order valence-corrected chi connectivity index (χ0v) is 11.0. The van der Waals surface area contributed by atoms with Crippen molar-refractivity contribution >= 4 is 11.9 Å². The molecule has 17 heavy (non-hydrogen) atoms. The van der Waals surface area contributed by atoms with E-state index in [0.717, 1.165) is 12.8 Å². The lowest BCUT2D eigenvalue weighted by atomic mass is 9.84. The van der Waals surface area contributed by atoms with Gasteiger partial charge in [0.25, 0.3) is 0 Å². The van der Waals surface area contributed by atoms with E-state index >= 15 is 0 Å². The Bertz CT molecular complexity index is 264. The minimum Gasteiger partial charge on any atom is -0.481 e. The zero-order chi connectivity index (χ0) is 13.5. The molecular formula is C12H24N2O3. The van der Waals surface area contributed by atoms with Gasteiger partial charge < -0.3 is 15.7 Å². The molecule has 5 heteroatoms. The highest BCUT2D eigenvalue weighted by atomic mass is 16.4. The Labute approximate surface area is 103 Å². The molecule has 0 rings (SSSR count). The van der Waals surface area contributed by atoms with Crippen molar-refractivity contribution in [3.63, 3.8) is 0 Å². The molecule has 0 saturated carbocycles. The number of carboxylic acid groups (broad SMARTS) is 1. The molecule has 1 amide bonds. The van der Waals surface area contributed by atoms with Crippen LogP contribution in [0.2, 0.25) is 0 Å². The molecule has 0 saturated heterocycles. The van der Waals surface area contributed by atoms with Crippen LogP contribution in [0.4, 0.5) is 0 Å². The Balaban J connectivity index is 3.96. The molecule has 0 heterocycles. The molecule has 0 aromatic heterocycles. The maximum atomic E-state index is 11.7. The molecule has 0 aromatic carbocycles. The Kier molecular flexibility index (Phi) is 6.80. The summed E-state index contributed by atoms with van der Waals surface area (Å²) in [7, 11) is 1.64. The van der Waals surface area contributed by atoms with Crippen molar-refractivity contribution < 1.29 is 14.7 Å². The summed E-state index contributed by atoms with van der Waals surface area (Å²) >= 11 is 0. The van der Waals surface area contributed by atoms with Crippen LogP contribution < -0.4 is 5.73 Å². The molecule has 0 bridgehead atoms. The van der Waals surface area contributed by atoms with Crippen molar-refractivity contribution in [1.29, 1.82) is 0 Å². The van der Waals surface area contributed by atoms with Crippen molar-refractivity contribution in [2.24, 2.45) is 11.1 Å². The van der Waals surface area contributed by atoms with Crippen LogP contribution in [0.5, 0.6) is 0 Å². The number of amides is 1. The third-order valence-electron chi connectivity index (χ3n) is 2.92. The van der Waals surface area contributed by atoms with Crippen molar-refractivity contribution in [2.75, 3.05) is 20.1 Å². The number of carbonyl (C=O) groups is 2. The maximum Gasteiger partial charge on any atom is 0.305 e. The van der Waals surface area contributed by atoms with E-state index in [1.807, 2.05) is 0 Å². The fraction of sp³-hybridized carbons (Fsp3) is 0.833. The van der Waals surface area contributed by atoms with Crippen molar-refractivity contribution in [3.8, 4) is 0 Å². The van der Waals surface area contributed by atoms with Gasteiger partial charge in [-0.1, -0.05) is 13.8 Å². The molecule has 3 N–H and O–H groups in total. The summed E-state index contributed by atoms with van der Waals surface area (Å²) < 4.78 is 0. The Morgan fingerprint density at radius 1 is 1.24 bits per heavy atom. The molecule has 5 nitrogen and oxygen atoms in total. The van der Waals surface area contributed by atoms with Crippen LogP contribution in [-0.4, -0.2) is 42.0 Å². The van der Waals surface area contributed by atoms with Crippen LogP contribution in [-0.2, 0) is 9.59 Å². The Hall–Kier alpha value is -1.10. The van der Waals surface area contributed by atoms with Crippen molar-refractivity contribution in [2.45, 2.75) is 39.5 Å². The van der Waals surface area contributed by atoms with Gasteiger partial charge in [-0.2, -0.15) is 0 Å². The highest BCUT2D eigenvalue weighted by Gasteiger charge is 2.19. The smallest absolute Gasteiger partial charge is 0.305 e. The lowest BCUT2D eigenvalue weighted by Crippen LogP contribution is -2.30. The van der Waals surface area contributed by atoms with E-state index in [0.29, 0.717) is 13.0 Å². The van der Waals surface area contributed by atoms with Crippen LogP contribution >= 0.6 is 0 Å². The molecule has 0 aromatic rings. The summed E-state index contributed by atoms with van der Waals surface area (Å²) in [6.07, 6.45) is 2.11. The molecule has 0 unspecified atom stereocenters. The van der Waals surface area contributed by atoms with E-state index in [1.165, 1.54) is 4.90 Å². The van der Waals surface area contributed by atoms with Crippen molar-refractivity contribution in [3.05, 3.63) is 0 Å². The first-order chi connectivity index (χ1) is 7.78. The Morgan fingerprint density at radius 3 is 2.29 bits per heavy atom. The number of aliphatic carboxylic acids is 1. The van der Waals surface area contributed by atoms with Gasteiger partial charge in [-0.3, -0.25) is 9.59 Å². The zero-order valence-electron chi connectivity index (χ0n) is 11.0. The average Bonchev–Trinajstić information content (AvgIpc) is 2.22. The van der Waals surface area contributed by atoms with Gasteiger partial charge in [-0.05, 0) is 24.8 Å². The summed E-state index contributed by atoms with van der Waals surface area (Å²) in [5.74, 6) is -0.885. The minimum atomic E-state index is -0.881. The van der Waals surface area contributed by atoms with E-state index in [2.05, 4.69) is 13.8 Å². The number of carbonyl (C=O) groups excluding carboxylic acids is 1. The lowest BCUT2D eigenvalue weighted by molar-refractivity contribution is -0.138. The first-order valence-electron chi connectivity index (χ1n) is 5.94. The van der Waals surface area contributed by atoms with E-state index in [4.69, 9.17) is 10.8 Å². The highest BCUT2D eigenvalue weighted by Crippen LogP contribution is 2.26. The second-order valence-corrected chi connectivity index (χ2v) is 5.16. The standard InChI is InChI=1S/C12H24N2O3/c1-12(2,7-8-13)6-4-10(15)14(3)9-5-11(16)17/h4-9,13H2,1-3H3,(H,16,17). The summed E-state index contributed by atoms with van der Waals surface area (Å²) in [6, 6.07) is 0. The third-order valence-corrected chi connectivity index (χ3v) is 2.92. The largest absolute Gasteiger partial charge is 0.481 e. The number of hydrogen-bond donors (Lipinski definition) is 2. The first kappa shape index (κ1) is 15.9. The summed E-state index contributed by atoms with van der Waals surface area (Å²) in [4.78, 5) is 23.6. The quantitative estimate of drug-likeness (QED) is 0.669. The number of hydrogen-bond acceptors (Lipinski definition) is 3. The second-order valence-electron chi connectivity index (χ2n) is 5.16. The third kappa shape index (κ3) is 7.74. The lowest BCUT2D eigenvalue weighted by Gasteiger charge is -2.25. The van der Waals surface area contributed by atoms with Gasteiger partial charge in [0.15, 0.2) is 0 Å². The average molecular weight is 244 g/mol. The molecular weight excluding hydrogens is 220 g/mol. The molecule has 0 aliphatic carbocycles. The predicted octanol–water partition coefficient (Wildman–Crippen LogP) is 1.07. The van der Waals surface area contributed by atoms with Crippen LogP contribution in [0.15, 0.2) is 0 Å². The molecule has 0 aliphatic heterocycles. The van der Waals surface area contributed by atoms with Crippen molar-refractivity contribution in [1.82, 2.24) is 4.90 Å². The monoisotopic (exact) mass is 244 g/mol. The van der Waals surface area contributed by atoms with E-state index < -0.39 is 5.97 Å². The van der Waals surface area contributed by atoms with E-state index in [-0.39, 0.29) is 24.3 Å². The van der Waals surface area contributed by atoms with Crippen LogP contribution in [0.1, 0.15) is 39.5 Å². The molecule has 0 radical (unpaired) electrons. The number of carboxylic acids is 1. The SMILES string of the molecule is CN(CCC(=O)O)C(=O)CCC(C)(C)CCN. The fourth-order valence-corrected chi connectivity index (χ4v) is 1.54. The maximum absolute atomic E-state index is 11.7. The van der Waals surface area contributed by atoms with Crippen LogP contribution in [0.3, 0.4) is 0 Å². The van der Waals surface area contributed by atoms with Gasteiger partial charge in [0.2, 0.25) is 5.91 Å². The van der Waals surface area contributed by atoms with Gasteiger partial charge in [0.05, 0.1) is 6.42 Å². The summed E-state index contributed by atoms with van der Waals surface area (Å²) in [6.45, 7) is 5.07. The fourth-order valence-electron chi connectivity index (χ4n) is 1.54. The minimum absolute atomic E-state index is 0.00338. The number of nitrogens with two attached hydrogens (primary N) is 1. The second kappa shape index (κ2) is 7.27. The first-order valence-corrected chi connectivity index (χ1v) is 5.94. The Morgan fingerprint density at radius 2 is 1.82 bits per heavy atom. The highest BCUT2D eigenvalue weighted by molar-refractivity contribution is 5.76. The molecule has 0 aliphatic rings.